The van der Waals surface area contributed by atoms with Crippen molar-refractivity contribution in [2.75, 3.05) is 11.9 Å². The minimum atomic E-state index is -0.656. The summed E-state index contributed by atoms with van der Waals surface area (Å²) in [5.74, 6) is 0.201. The van der Waals surface area contributed by atoms with Gasteiger partial charge in [0.15, 0.2) is 0 Å². The van der Waals surface area contributed by atoms with Crippen LogP contribution in [0, 0.1) is 0 Å². The number of anilines is 1. The molecule has 2 aromatic carbocycles. The van der Waals surface area contributed by atoms with Crippen LogP contribution in [0.5, 0.6) is 5.88 Å². The Morgan fingerprint density at radius 3 is 2.50 bits per heavy atom. The lowest BCUT2D eigenvalue weighted by atomic mass is 10.1. The van der Waals surface area contributed by atoms with E-state index in [0.717, 1.165) is 16.5 Å². The zero-order valence-electron chi connectivity index (χ0n) is 25.2. The van der Waals surface area contributed by atoms with E-state index in [1.54, 1.807) is 43.8 Å². The Morgan fingerprint density at radius 2 is 1.82 bits per heavy atom. The number of nitrogens with one attached hydrogen (secondary N) is 2. The minimum absolute atomic E-state index is 0.0881. The maximum absolute atomic E-state index is 14.1. The van der Waals surface area contributed by atoms with Gasteiger partial charge in [-0.1, -0.05) is 61.2 Å². The number of aromatic hydroxyl groups is 1. The van der Waals surface area contributed by atoms with Crippen LogP contribution in [-0.2, 0) is 18.2 Å². The van der Waals surface area contributed by atoms with E-state index in [-0.39, 0.29) is 35.7 Å². The van der Waals surface area contributed by atoms with Crippen LogP contribution in [0.2, 0.25) is 0 Å². The summed E-state index contributed by atoms with van der Waals surface area (Å²) in [4.78, 5) is 35.8. The second kappa shape index (κ2) is 12.5. The summed E-state index contributed by atoms with van der Waals surface area (Å²) in [6.07, 6.45) is 6.60. The highest BCUT2D eigenvalue weighted by atomic mass is 16.6. The Balaban J connectivity index is 1.55. The van der Waals surface area contributed by atoms with Gasteiger partial charge in [-0.2, -0.15) is 0 Å². The van der Waals surface area contributed by atoms with E-state index in [2.05, 4.69) is 22.2 Å². The molecule has 0 aliphatic rings. The molecule has 1 atom stereocenters. The fraction of sp³-hybridized carbons (Fsp3) is 0.235. The number of nitrogens with zero attached hydrogens (tertiary/aromatic N) is 4. The summed E-state index contributed by atoms with van der Waals surface area (Å²) in [7, 11) is 1.61. The summed E-state index contributed by atoms with van der Waals surface area (Å²) < 4.78 is 8.37. The van der Waals surface area contributed by atoms with Crippen molar-refractivity contribution >= 4 is 28.9 Å². The van der Waals surface area contributed by atoms with E-state index in [4.69, 9.17) is 9.72 Å². The molecule has 44 heavy (non-hydrogen) atoms. The van der Waals surface area contributed by atoms with Crippen LogP contribution in [0.3, 0.4) is 0 Å². The van der Waals surface area contributed by atoms with Crippen LogP contribution in [0.25, 0.3) is 33.8 Å². The summed E-state index contributed by atoms with van der Waals surface area (Å²) in [6.45, 7) is 9.54. The zero-order chi connectivity index (χ0) is 31.4. The Bertz CT molecular complexity index is 1860. The molecular weight excluding hydrogens is 556 g/mol. The molecule has 0 unspecified atom stereocenters. The lowest BCUT2D eigenvalue weighted by Gasteiger charge is -2.24. The van der Waals surface area contributed by atoms with Crippen LogP contribution in [0.4, 0.5) is 10.7 Å². The molecule has 0 aliphatic heterocycles. The number of aromatic nitrogens is 4. The summed E-state index contributed by atoms with van der Waals surface area (Å²) >= 11 is 0. The molecule has 0 aliphatic carbocycles. The third-order valence-corrected chi connectivity index (χ3v) is 7.08. The van der Waals surface area contributed by atoms with Gasteiger partial charge in [0.25, 0.3) is 5.56 Å². The number of pyridine rings is 1. The third kappa shape index (κ3) is 6.49. The average molecular weight is 593 g/mol. The number of alkyl carbamates (subject to hydrolysis) is 1. The molecule has 0 spiro atoms. The minimum Gasteiger partial charge on any atom is -0.494 e. The number of fused-ring (bicyclic) bond motifs is 1. The van der Waals surface area contributed by atoms with Crippen LogP contribution in [0.1, 0.15) is 31.9 Å². The number of carbonyl (C=O) groups is 1. The second-order valence-corrected chi connectivity index (χ2v) is 11.5. The maximum Gasteiger partial charge on any atom is 0.407 e. The van der Waals surface area contributed by atoms with E-state index in [1.165, 1.54) is 9.13 Å². The zero-order valence-corrected chi connectivity index (χ0v) is 25.2. The molecule has 10 heteroatoms. The van der Waals surface area contributed by atoms with Gasteiger partial charge in [-0.25, -0.2) is 9.78 Å². The van der Waals surface area contributed by atoms with Crippen molar-refractivity contribution in [2.45, 2.75) is 38.8 Å². The van der Waals surface area contributed by atoms with E-state index >= 15 is 0 Å². The summed E-state index contributed by atoms with van der Waals surface area (Å²) in [5, 5.41) is 18.9. The number of ether oxygens (including phenoxy) is 1. The second-order valence-electron chi connectivity index (χ2n) is 11.5. The third-order valence-electron chi connectivity index (χ3n) is 7.08. The molecule has 0 fully saturated rings. The average Bonchev–Trinajstić information content (AvgIpc) is 3.33. The van der Waals surface area contributed by atoms with Crippen molar-refractivity contribution < 1.29 is 14.6 Å². The Kier molecular flexibility index (Phi) is 8.52. The normalized spacial score (nSPS) is 12.1. The van der Waals surface area contributed by atoms with Crippen molar-refractivity contribution in [3.05, 3.63) is 107 Å². The number of rotatable bonds is 9. The fourth-order valence-electron chi connectivity index (χ4n) is 5.05. The van der Waals surface area contributed by atoms with Crippen LogP contribution >= 0.6 is 0 Å². The highest BCUT2D eigenvalue weighted by Gasteiger charge is 2.24. The molecule has 0 saturated carbocycles. The van der Waals surface area contributed by atoms with Gasteiger partial charge in [-0.05, 0) is 50.5 Å². The topological polar surface area (TPSA) is 123 Å². The number of benzene rings is 2. The van der Waals surface area contributed by atoms with Gasteiger partial charge in [0.05, 0.1) is 11.4 Å². The van der Waals surface area contributed by atoms with Crippen LogP contribution in [-0.4, -0.2) is 48.5 Å². The van der Waals surface area contributed by atoms with Gasteiger partial charge in [0.1, 0.15) is 17.0 Å². The van der Waals surface area contributed by atoms with Crippen molar-refractivity contribution in [2.24, 2.45) is 7.05 Å². The quantitative estimate of drug-likeness (QED) is 0.201. The first kappa shape index (κ1) is 30.1. The van der Waals surface area contributed by atoms with Crippen molar-refractivity contribution in [1.82, 2.24) is 24.4 Å². The smallest absolute Gasteiger partial charge is 0.407 e. The first-order valence-electron chi connectivity index (χ1n) is 14.3. The van der Waals surface area contributed by atoms with Crippen molar-refractivity contribution in [1.29, 1.82) is 0 Å². The van der Waals surface area contributed by atoms with E-state index in [9.17, 15) is 14.7 Å². The van der Waals surface area contributed by atoms with Gasteiger partial charge < -0.3 is 20.5 Å². The van der Waals surface area contributed by atoms with Gasteiger partial charge in [0, 0.05) is 43.1 Å². The molecule has 3 aromatic heterocycles. The van der Waals surface area contributed by atoms with Crippen molar-refractivity contribution in [3.63, 3.8) is 0 Å². The first-order chi connectivity index (χ1) is 21.1. The van der Waals surface area contributed by atoms with Crippen LogP contribution in [0.15, 0.2) is 90.6 Å². The number of hydrogen-bond donors (Lipinski definition) is 3. The molecule has 0 saturated heterocycles. The van der Waals surface area contributed by atoms with Crippen molar-refractivity contribution in [3.8, 4) is 22.8 Å². The standard InChI is InChI=1S/C34H36N6O4/c1-6-23-13-10-14-25-21-40(30(41)27(23)25)29-28(24-15-17-35-18-16-24)38-32(39(5)31(29)42)36-20-26(19-22-11-8-7-9-12-22)37-33(43)44-34(2,3)4/h6-18,21,26,41H,1,19-20H2,2-5H3,(H,36,38)(H,37,43)/t26-/m0/s1. The lowest BCUT2D eigenvalue weighted by Crippen LogP contribution is -2.44. The molecule has 0 bridgehead atoms. The molecule has 5 rings (SSSR count). The molecule has 3 N–H and O–H groups in total. The van der Waals surface area contributed by atoms with Gasteiger partial charge in [-0.15, -0.1) is 0 Å². The van der Waals surface area contributed by atoms with E-state index < -0.39 is 11.7 Å². The molecule has 226 valence electrons. The summed E-state index contributed by atoms with van der Waals surface area (Å²) in [6, 6.07) is 18.5. The molecule has 1 amide bonds. The monoisotopic (exact) mass is 592 g/mol. The fourth-order valence-corrected chi connectivity index (χ4v) is 5.05. The predicted molar refractivity (Wildman–Crippen MR) is 173 cm³/mol. The molecular formula is C34H36N6O4. The SMILES string of the molecule is C=Cc1cccc2cn(-c3c(-c4ccncc4)nc(NC[C@H](Cc4ccccc4)NC(=O)OC(C)(C)C)n(C)c3=O)c(O)c12. The first-order valence-corrected chi connectivity index (χ1v) is 14.3. The highest BCUT2D eigenvalue weighted by Crippen LogP contribution is 2.35. The lowest BCUT2D eigenvalue weighted by molar-refractivity contribution is 0.0507. The number of hydrogen-bond acceptors (Lipinski definition) is 7. The van der Waals surface area contributed by atoms with E-state index in [0.29, 0.717) is 23.1 Å². The molecule has 3 heterocycles. The largest absolute Gasteiger partial charge is 0.494 e. The van der Waals surface area contributed by atoms with Crippen LogP contribution < -0.4 is 16.2 Å². The Hall–Kier alpha value is -5.38. The van der Waals surface area contributed by atoms with E-state index in [1.807, 2.05) is 69.3 Å². The van der Waals surface area contributed by atoms with Gasteiger partial charge in [0.2, 0.25) is 11.8 Å². The number of amides is 1. The Morgan fingerprint density at radius 1 is 1.09 bits per heavy atom. The molecule has 10 nitrogen and oxygen atoms in total. The summed E-state index contributed by atoms with van der Waals surface area (Å²) in [5.41, 5.74) is 1.91. The Labute approximate surface area is 255 Å². The predicted octanol–water partition coefficient (Wildman–Crippen LogP) is 5.68. The number of carbonyl (C=O) groups excluding carboxylic acids is 1. The molecule has 0 radical (unpaired) electrons. The maximum atomic E-state index is 14.1. The highest BCUT2D eigenvalue weighted by molar-refractivity contribution is 5.96. The molecule has 5 aromatic rings. The van der Waals surface area contributed by atoms with Gasteiger partial charge in [-0.3, -0.25) is 18.9 Å². The van der Waals surface area contributed by atoms with Gasteiger partial charge >= 0.3 is 6.09 Å².